The van der Waals surface area contributed by atoms with E-state index in [1.54, 1.807) is 51.5 Å². The molecule has 1 amide bonds. The van der Waals surface area contributed by atoms with Crippen LogP contribution in [0.15, 0.2) is 52.0 Å². The molecule has 0 spiro atoms. The molecule has 2 aromatic carbocycles. The average molecular weight is 484 g/mol. The Balaban J connectivity index is 1.76. The molecule has 1 aromatic heterocycles. The lowest BCUT2D eigenvalue weighted by Gasteiger charge is -2.10. The number of carbonyl (C=O) groups excluding carboxylic acids is 1. The highest BCUT2D eigenvalue weighted by Crippen LogP contribution is 2.28. The fourth-order valence-corrected chi connectivity index (χ4v) is 3.43. The van der Waals surface area contributed by atoms with E-state index in [2.05, 4.69) is 15.5 Å². The number of nitrogen functional groups attached to an aromatic ring is 1. The van der Waals surface area contributed by atoms with E-state index in [4.69, 9.17) is 37.1 Å². The average Bonchev–Trinajstić information content (AvgIpc) is 3.22. The molecule has 0 unspecified atom stereocenters. The monoisotopic (exact) mass is 483 g/mol. The summed E-state index contributed by atoms with van der Waals surface area (Å²) in [5, 5.41) is 7.34. The van der Waals surface area contributed by atoms with Crippen LogP contribution in [0.2, 0.25) is 5.02 Å². The highest BCUT2D eigenvalue weighted by Gasteiger charge is 2.21. The zero-order chi connectivity index (χ0) is 24.7. The number of carbonyl (C=O) groups is 1. The molecular weight excluding hydrogens is 458 g/mol. The second kappa shape index (κ2) is 11.4. The number of aliphatic imine (C=N–C) groups is 1. The molecule has 3 aromatic rings. The van der Waals surface area contributed by atoms with Gasteiger partial charge in [-0.25, -0.2) is 0 Å². The lowest BCUT2D eigenvalue weighted by Crippen LogP contribution is -2.32. The van der Waals surface area contributed by atoms with Gasteiger partial charge in [0, 0.05) is 19.2 Å². The molecule has 0 saturated heterocycles. The number of nitrogens with two attached hydrogens (primary N) is 2. The van der Waals surface area contributed by atoms with Crippen LogP contribution in [0.1, 0.15) is 27.2 Å². The summed E-state index contributed by atoms with van der Waals surface area (Å²) in [4.78, 5) is 16.8. The third-order valence-electron chi connectivity index (χ3n) is 4.92. The first-order chi connectivity index (χ1) is 16.3. The number of hydrogen-bond donors (Lipinski definition) is 3. The Bertz CT molecular complexity index is 1220. The van der Waals surface area contributed by atoms with Gasteiger partial charge in [-0.05, 0) is 54.4 Å². The maximum Gasteiger partial charge on any atom is 0.286 e. The van der Waals surface area contributed by atoms with E-state index in [1.165, 1.54) is 0 Å². The third-order valence-corrected chi connectivity index (χ3v) is 5.23. The van der Waals surface area contributed by atoms with Gasteiger partial charge in [0.1, 0.15) is 22.8 Å². The summed E-state index contributed by atoms with van der Waals surface area (Å²) in [7, 11) is 3.18. The molecule has 0 aliphatic heterocycles. The van der Waals surface area contributed by atoms with Gasteiger partial charge in [-0.15, -0.1) is 0 Å². The molecule has 0 aliphatic carbocycles. The van der Waals surface area contributed by atoms with Crippen molar-refractivity contribution in [3.8, 4) is 17.0 Å². The number of ether oxygens (including phenoxy) is 2. The maximum atomic E-state index is 12.9. The molecule has 0 bridgehead atoms. The number of guanidine groups is 1. The molecule has 0 aliphatic rings. The number of nitrogens with one attached hydrogen (secondary N) is 1. The first kappa shape index (κ1) is 24.8. The van der Waals surface area contributed by atoms with Crippen molar-refractivity contribution in [2.75, 3.05) is 26.6 Å². The van der Waals surface area contributed by atoms with Crippen LogP contribution >= 0.6 is 11.6 Å². The van der Waals surface area contributed by atoms with Gasteiger partial charge in [-0.1, -0.05) is 28.9 Å². The van der Waals surface area contributed by atoms with E-state index in [0.29, 0.717) is 40.1 Å². The van der Waals surface area contributed by atoms with Crippen molar-refractivity contribution >= 4 is 35.2 Å². The molecule has 0 saturated carbocycles. The van der Waals surface area contributed by atoms with Crippen molar-refractivity contribution in [3.63, 3.8) is 0 Å². The van der Waals surface area contributed by atoms with Crippen LogP contribution in [0.25, 0.3) is 17.3 Å². The second-order valence-electron chi connectivity index (χ2n) is 7.28. The van der Waals surface area contributed by atoms with Crippen LogP contribution in [0, 0.1) is 6.92 Å². The Morgan fingerprint density at radius 3 is 2.68 bits per heavy atom. The Hall–Kier alpha value is -3.82. The summed E-state index contributed by atoms with van der Waals surface area (Å²) < 4.78 is 15.4. The Morgan fingerprint density at radius 2 is 2.00 bits per heavy atom. The lowest BCUT2D eigenvalue weighted by molar-refractivity contribution is 0.100. The predicted molar refractivity (Wildman–Crippen MR) is 133 cm³/mol. The molecule has 0 fully saturated rings. The van der Waals surface area contributed by atoms with E-state index >= 15 is 0 Å². The topological polar surface area (TPSA) is 138 Å². The predicted octanol–water partition coefficient (Wildman–Crippen LogP) is 3.80. The minimum absolute atomic E-state index is 0.0595. The summed E-state index contributed by atoms with van der Waals surface area (Å²) in [6, 6.07) is 10.7. The molecule has 0 radical (unpaired) electrons. The number of methoxy groups -OCH3 is 2. The van der Waals surface area contributed by atoms with Crippen molar-refractivity contribution in [2.24, 2.45) is 10.7 Å². The largest absolute Gasteiger partial charge is 0.497 e. The molecule has 5 N–H and O–H groups in total. The van der Waals surface area contributed by atoms with Gasteiger partial charge in [0.25, 0.3) is 5.91 Å². The fraction of sp³-hybridized carbons (Fsp3) is 0.208. The van der Waals surface area contributed by atoms with Crippen LogP contribution in [0.4, 0.5) is 5.69 Å². The molecule has 0 atom stereocenters. The Kier molecular flexibility index (Phi) is 8.29. The van der Waals surface area contributed by atoms with Gasteiger partial charge in [0.2, 0.25) is 0 Å². The van der Waals surface area contributed by atoms with Crippen molar-refractivity contribution in [1.29, 1.82) is 0 Å². The minimum Gasteiger partial charge on any atom is -0.497 e. The van der Waals surface area contributed by atoms with Crippen molar-refractivity contribution in [3.05, 3.63) is 69.9 Å². The summed E-state index contributed by atoms with van der Waals surface area (Å²) in [6.07, 6.45) is 3.65. The number of amides is 1. The van der Waals surface area contributed by atoms with Gasteiger partial charge < -0.3 is 30.8 Å². The molecule has 34 heavy (non-hydrogen) atoms. The Morgan fingerprint density at radius 1 is 1.26 bits per heavy atom. The number of benzene rings is 2. The van der Waals surface area contributed by atoms with Crippen molar-refractivity contribution in [1.82, 2.24) is 10.5 Å². The van der Waals surface area contributed by atoms with Gasteiger partial charge >= 0.3 is 0 Å². The van der Waals surface area contributed by atoms with E-state index < -0.39 is 5.91 Å². The van der Waals surface area contributed by atoms with Crippen LogP contribution in [-0.2, 0) is 11.3 Å². The smallest absolute Gasteiger partial charge is 0.286 e. The summed E-state index contributed by atoms with van der Waals surface area (Å²) in [5.74, 6) is 0.386. The second-order valence-corrected chi connectivity index (χ2v) is 7.69. The highest BCUT2D eigenvalue weighted by atomic mass is 35.5. The SMILES string of the molecule is COC/C=C/c1cc(CN/C(N)=N/C(=O)c2c(-c3ccc(OC)cc3)noc2C)cc(Cl)c1N. The number of nitrogens with zero attached hydrogens (tertiary/aromatic N) is 2. The number of anilines is 1. The normalized spacial score (nSPS) is 11.7. The molecule has 178 valence electrons. The standard InChI is InChI=1S/C24H26ClN5O4/c1-14-20(22(30-34-14)16-6-8-18(33-3)9-7-16)23(31)29-24(27)28-13-15-11-17(5-4-10-32-2)21(26)19(25)12-15/h4-9,11-12H,10,13,26H2,1-3H3,(H3,27,28,29,31)/b5-4+. The third kappa shape index (κ3) is 5.94. The van der Waals surface area contributed by atoms with E-state index in [1.807, 2.05) is 18.2 Å². The number of halogens is 1. The lowest BCUT2D eigenvalue weighted by atomic mass is 10.1. The van der Waals surface area contributed by atoms with Crippen molar-refractivity contribution < 1.29 is 18.8 Å². The van der Waals surface area contributed by atoms with E-state index in [-0.39, 0.29) is 18.1 Å². The Labute approximate surface area is 202 Å². The molecular formula is C24H26ClN5O4. The number of aromatic nitrogens is 1. The summed E-state index contributed by atoms with van der Waals surface area (Å²) in [6.45, 7) is 2.37. The van der Waals surface area contributed by atoms with E-state index in [0.717, 1.165) is 11.1 Å². The molecule has 3 rings (SSSR count). The maximum absolute atomic E-state index is 12.9. The first-order valence-electron chi connectivity index (χ1n) is 10.3. The zero-order valence-electron chi connectivity index (χ0n) is 19.1. The molecule has 1 heterocycles. The quantitative estimate of drug-likeness (QED) is 0.250. The first-order valence-corrected chi connectivity index (χ1v) is 10.7. The number of aryl methyl sites for hydroxylation is 1. The zero-order valence-corrected chi connectivity index (χ0v) is 19.8. The number of rotatable bonds is 8. The van der Waals surface area contributed by atoms with E-state index in [9.17, 15) is 4.79 Å². The summed E-state index contributed by atoms with van der Waals surface area (Å²) >= 11 is 6.25. The van der Waals surface area contributed by atoms with Crippen LogP contribution in [-0.4, -0.2) is 37.8 Å². The van der Waals surface area contributed by atoms with Crippen molar-refractivity contribution in [2.45, 2.75) is 13.5 Å². The fourth-order valence-electron chi connectivity index (χ4n) is 3.18. The van der Waals surface area contributed by atoms with Gasteiger partial charge in [-0.3, -0.25) is 4.79 Å². The van der Waals surface area contributed by atoms with Gasteiger partial charge in [0.05, 0.1) is 24.4 Å². The molecule has 10 heteroatoms. The number of hydrogen-bond acceptors (Lipinski definition) is 6. The van der Waals surface area contributed by atoms with Crippen LogP contribution < -0.4 is 21.5 Å². The molecule has 9 nitrogen and oxygen atoms in total. The highest BCUT2D eigenvalue weighted by molar-refractivity contribution is 6.33. The van der Waals surface area contributed by atoms with Crippen LogP contribution in [0.3, 0.4) is 0 Å². The van der Waals surface area contributed by atoms with Crippen LogP contribution in [0.5, 0.6) is 5.75 Å². The summed E-state index contributed by atoms with van der Waals surface area (Å²) in [5.41, 5.74) is 15.3. The minimum atomic E-state index is -0.576. The van der Waals surface area contributed by atoms with Gasteiger partial charge in [0.15, 0.2) is 5.96 Å². The van der Waals surface area contributed by atoms with Gasteiger partial charge in [-0.2, -0.15) is 4.99 Å².